The number of aromatic nitrogens is 4. The zero-order chi connectivity index (χ0) is 12.8. The van der Waals surface area contributed by atoms with Gasteiger partial charge in [-0.15, -0.1) is 0 Å². The Morgan fingerprint density at radius 2 is 2.11 bits per heavy atom. The molecule has 0 atom stereocenters. The molecule has 0 aliphatic heterocycles. The molecular formula is C13H7BrN4O. The molecule has 3 heterocycles. The van der Waals surface area contributed by atoms with Crippen molar-refractivity contribution in [3.8, 4) is 11.3 Å². The first-order chi connectivity index (χ1) is 9.29. The molecule has 0 aliphatic carbocycles. The smallest absolute Gasteiger partial charge is 0.181 e. The lowest BCUT2D eigenvalue weighted by atomic mass is 10.1. The van der Waals surface area contributed by atoms with Crippen LogP contribution in [-0.2, 0) is 0 Å². The summed E-state index contributed by atoms with van der Waals surface area (Å²) in [6.45, 7) is 0. The van der Waals surface area contributed by atoms with Gasteiger partial charge in [0.05, 0.1) is 11.9 Å². The fourth-order valence-corrected chi connectivity index (χ4v) is 2.40. The molecule has 1 aromatic carbocycles. The van der Waals surface area contributed by atoms with Gasteiger partial charge in [-0.3, -0.25) is 0 Å². The Morgan fingerprint density at radius 3 is 3.05 bits per heavy atom. The van der Waals surface area contributed by atoms with Crippen molar-refractivity contribution in [3.05, 3.63) is 47.5 Å². The van der Waals surface area contributed by atoms with E-state index in [1.807, 2.05) is 36.5 Å². The predicted octanol–water partition coefficient (Wildman–Crippen LogP) is 3.30. The highest BCUT2D eigenvalue weighted by molar-refractivity contribution is 9.10. The number of hydrogen-bond donors (Lipinski definition) is 0. The first-order valence-electron chi connectivity index (χ1n) is 5.65. The van der Waals surface area contributed by atoms with E-state index in [2.05, 4.69) is 31.0 Å². The van der Waals surface area contributed by atoms with Gasteiger partial charge in [0, 0.05) is 5.56 Å². The van der Waals surface area contributed by atoms with E-state index in [0.29, 0.717) is 0 Å². The lowest BCUT2D eigenvalue weighted by Gasteiger charge is -2.01. The van der Waals surface area contributed by atoms with Gasteiger partial charge >= 0.3 is 0 Å². The summed E-state index contributed by atoms with van der Waals surface area (Å²) in [5.41, 5.74) is 4.24. The van der Waals surface area contributed by atoms with Crippen LogP contribution in [0.4, 0.5) is 0 Å². The topological polar surface area (TPSA) is 56.2 Å². The molecule has 0 aliphatic rings. The minimum absolute atomic E-state index is 0.756. The minimum Gasteiger partial charge on any atom is -0.443 e. The second-order valence-electron chi connectivity index (χ2n) is 4.12. The molecule has 92 valence electrons. The standard InChI is InChI=1S/C13H7BrN4O/c14-12-6-18-13(16-12)4-3-9(17-18)8-1-2-10-11(5-8)19-7-15-10/h1-7H. The number of oxazole rings is 1. The van der Waals surface area contributed by atoms with E-state index in [1.54, 1.807) is 4.52 Å². The summed E-state index contributed by atoms with van der Waals surface area (Å²) in [6, 6.07) is 9.70. The SMILES string of the molecule is Brc1cn2nc(-c3ccc4ncoc4c3)ccc2n1. The maximum atomic E-state index is 5.31. The molecule has 0 spiro atoms. The molecule has 0 bridgehead atoms. The van der Waals surface area contributed by atoms with Crippen LogP contribution in [-0.4, -0.2) is 19.6 Å². The van der Waals surface area contributed by atoms with Crippen molar-refractivity contribution in [1.29, 1.82) is 0 Å². The van der Waals surface area contributed by atoms with E-state index < -0.39 is 0 Å². The van der Waals surface area contributed by atoms with Crippen LogP contribution in [0.3, 0.4) is 0 Å². The lowest BCUT2D eigenvalue weighted by molar-refractivity contribution is 0.602. The Labute approximate surface area is 116 Å². The highest BCUT2D eigenvalue weighted by atomic mass is 79.9. The van der Waals surface area contributed by atoms with Crippen LogP contribution in [0.1, 0.15) is 0 Å². The fraction of sp³-hybridized carbons (Fsp3) is 0. The number of halogens is 1. The third-order valence-corrected chi connectivity index (χ3v) is 3.30. The first kappa shape index (κ1) is 10.7. The van der Waals surface area contributed by atoms with Gasteiger partial charge in [0.15, 0.2) is 17.6 Å². The minimum atomic E-state index is 0.756. The van der Waals surface area contributed by atoms with Gasteiger partial charge < -0.3 is 4.42 Å². The fourth-order valence-electron chi connectivity index (χ4n) is 2.02. The van der Waals surface area contributed by atoms with E-state index in [9.17, 15) is 0 Å². The lowest BCUT2D eigenvalue weighted by Crippen LogP contribution is -1.92. The largest absolute Gasteiger partial charge is 0.443 e. The molecular weight excluding hydrogens is 308 g/mol. The Kier molecular flexibility index (Phi) is 2.19. The van der Waals surface area contributed by atoms with Crippen molar-refractivity contribution >= 4 is 32.7 Å². The van der Waals surface area contributed by atoms with Crippen LogP contribution in [0, 0.1) is 0 Å². The summed E-state index contributed by atoms with van der Waals surface area (Å²) in [5.74, 6) is 0. The van der Waals surface area contributed by atoms with Crippen LogP contribution in [0.2, 0.25) is 0 Å². The molecule has 6 heteroatoms. The predicted molar refractivity (Wildman–Crippen MR) is 73.7 cm³/mol. The zero-order valence-electron chi connectivity index (χ0n) is 9.62. The quantitative estimate of drug-likeness (QED) is 0.541. The van der Waals surface area contributed by atoms with Gasteiger partial charge in [-0.2, -0.15) is 5.10 Å². The van der Waals surface area contributed by atoms with Gasteiger partial charge in [0.25, 0.3) is 0 Å². The van der Waals surface area contributed by atoms with E-state index in [0.717, 1.165) is 32.6 Å². The number of imidazole rings is 1. The van der Waals surface area contributed by atoms with Crippen LogP contribution in [0.25, 0.3) is 28.0 Å². The molecule has 0 unspecified atom stereocenters. The molecule has 0 amide bonds. The van der Waals surface area contributed by atoms with Crippen molar-refractivity contribution in [2.45, 2.75) is 0 Å². The van der Waals surface area contributed by atoms with Crippen molar-refractivity contribution in [2.75, 3.05) is 0 Å². The van der Waals surface area contributed by atoms with Crippen molar-refractivity contribution in [3.63, 3.8) is 0 Å². The zero-order valence-corrected chi connectivity index (χ0v) is 11.2. The number of nitrogens with zero attached hydrogens (tertiary/aromatic N) is 4. The summed E-state index contributed by atoms with van der Waals surface area (Å²) in [4.78, 5) is 8.38. The third kappa shape index (κ3) is 1.72. The molecule has 0 radical (unpaired) electrons. The van der Waals surface area contributed by atoms with E-state index in [1.165, 1.54) is 6.39 Å². The second kappa shape index (κ2) is 3.89. The van der Waals surface area contributed by atoms with Crippen molar-refractivity contribution < 1.29 is 4.42 Å². The summed E-state index contributed by atoms with van der Waals surface area (Å²) >= 11 is 3.34. The summed E-state index contributed by atoms with van der Waals surface area (Å²) in [7, 11) is 0. The van der Waals surface area contributed by atoms with Crippen LogP contribution < -0.4 is 0 Å². The van der Waals surface area contributed by atoms with Crippen molar-refractivity contribution in [1.82, 2.24) is 19.6 Å². The molecule has 19 heavy (non-hydrogen) atoms. The Balaban J connectivity index is 1.91. The average Bonchev–Trinajstić information content (AvgIpc) is 3.01. The average molecular weight is 315 g/mol. The second-order valence-corrected chi connectivity index (χ2v) is 4.93. The normalized spacial score (nSPS) is 11.4. The van der Waals surface area contributed by atoms with Gasteiger partial charge in [-0.25, -0.2) is 14.5 Å². The van der Waals surface area contributed by atoms with Gasteiger partial charge in [0.1, 0.15) is 10.1 Å². The molecule has 4 aromatic rings. The maximum Gasteiger partial charge on any atom is 0.181 e. The van der Waals surface area contributed by atoms with E-state index in [-0.39, 0.29) is 0 Å². The highest BCUT2D eigenvalue weighted by Gasteiger charge is 2.06. The molecule has 4 rings (SSSR count). The summed E-state index contributed by atoms with van der Waals surface area (Å²) in [6.07, 6.45) is 3.27. The van der Waals surface area contributed by atoms with Gasteiger partial charge in [-0.05, 0) is 40.2 Å². The van der Waals surface area contributed by atoms with E-state index >= 15 is 0 Å². The molecule has 0 saturated carbocycles. The monoisotopic (exact) mass is 314 g/mol. The van der Waals surface area contributed by atoms with Crippen LogP contribution >= 0.6 is 15.9 Å². The number of rotatable bonds is 1. The van der Waals surface area contributed by atoms with Gasteiger partial charge in [-0.1, -0.05) is 6.07 Å². The van der Waals surface area contributed by atoms with E-state index in [4.69, 9.17) is 4.42 Å². The number of benzene rings is 1. The molecule has 0 fully saturated rings. The highest BCUT2D eigenvalue weighted by Crippen LogP contribution is 2.23. The number of fused-ring (bicyclic) bond motifs is 2. The summed E-state index contributed by atoms with van der Waals surface area (Å²) in [5, 5.41) is 4.52. The number of hydrogen-bond acceptors (Lipinski definition) is 4. The maximum absolute atomic E-state index is 5.31. The first-order valence-corrected chi connectivity index (χ1v) is 6.44. The van der Waals surface area contributed by atoms with Crippen LogP contribution in [0.15, 0.2) is 51.9 Å². The Bertz CT molecular complexity index is 896. The van der Waals surface area contributed by atoms with Crippen molar-refractivity contribution in [2.24, 2.45) is 0 Å². The third-order valence-electron chi connectivity index (χ3n) is 2.92. The Hall–Kier alpha value is -2.21. The molecule has 0 saturated heterocycles. The molecule has 5 nitrogen and oxygen atoms in total. The summed E-state index contributed by atoms with van der Waals surface area (Å²) < 4.78 is 7.81. The van der Waals surface area contributed by atoms with Crippen LogP contribution in [0.5, 0.6) is 0 Å². The molecule has 0 N–H and O–H groups in total. The van der Waals surface area contributed by atoms with Gasteiger partial charge in [0.2, 0.25) is 0 Å². The Morgan fingerprint density at radius 1 is 1.16 bits per heavy atom. The molecule has 3 aromatic heterocycles.